The van der Waals surface area contributed by atoms with E-state index in [1.807, 2.05) is 29.2 Å². The number of halogens is 2. The van der Waals surface area contributed by atoms with Crippen molar-refractivity contribution >= 4 is 93.5 Å². The molecule has 0 heterocycles. The fraction of sp³-hybridized carbons (Fsp3) is 0.308. The first-order valence-electron chi connectivity index (χ1n) is 11.4. The second kappa shape index (κ2) is 11.6. The van der Waals surface area contributed by atoms with E-state index in [0.717, 1.165) is 43.4 Å². The van der Waals surface area contributed by atoms with Gasteiger partial charge in [0.1, 0.15) is 31.4 Å². The minimum atomic E-state index is 0.374. The fourth-order valence-corrected chi connectivity index (χ4v) is 4.36. The van der Waals surface area contributed by atoms with Crippen molar-refractivity contribution in [2.45, 2.75) is 52.4 Å². The van der Waals surface area contributed by atoms with Crippen LogP contribution in [-0.2, 0) is 12.8 Å². The first-order valence-corrected chi connectivity index (χ1v) is 12.1. The quantitative estimate of drug-likeness (QED) is 0.426. The molecule has 0 N–H and O–H groups in total. The second-order valence-corrected chi connectivity index (χ2v) is 9.05. The molecule has 0 atom stereocenters. The summed E-state index contributed by atoms with van der Waals surface area (Å²) in [6, 6.07) is 13.7. The number of anilines is 3. The Morgan fingerprint density at radius 2 is 1.30 bits per heavy atom. The van der Waals surface area contributed by atoms with E-state index in [1.54, 1.807) is 6.07 Å². The average molecular weight is 466 g/mol. The van der Waals surface area contributed by atoms with Crippen molar-refractivity contribution in [3.8, 4) is 0 Å². The molecule has 0 saturated carbocycles. The lowest BCUT2D eigenvalue weighted by molar-refractivity contribution is 0.795. The van der Waals surface area contributed by atoms with E-state index in [-0.39, 0.29) is 0 Å². The minimum Gasteiger partial charge on any atom is -0.310 e. The van der Waals surface area contributed by atoms with E-state index in [9.17, 15) is 0 Å². The highest BCUT2D eigenvalue weighted by Crippen LogP contribution is 2.40. The Kier molecular flexibility index (Phi) is 9.13. The van der Waals surface area contributed by atoms with Gasteiger partial charge in [0.15, 0.2) is 0 Å². The van der Waals surface area contributed by atoms with Gasteiger partial charge < -0.3 is 4.90 Å². The lowest BCUT2D eigenvalue weighted by Gasteiger charge is -2.33. The standard InChI is InChI=1S/C26H25B4Cl2N/c1-3-5-8-16-12-14-17(15-13-16)33(20-11-7-10-19(31)25(20)32)26-23(29)21(27)18(9-6-4-2)22(28)24(26)30/h7,10-15H,3-6,8-9H2,1-2H3. The minimum absolute atomic E-state index is 0.374. The maximum absolute atomic E-state index is 6.65. The van der Waals surface area contributed by atoms with Crippen LogP contribution in [0.5, 0.6) is 0 Å². The highest BCUT2D eigenvalue weighted by molar-refractivity contribution is 6.60. The number of benzene rings is 3. The van der Waals surface area contributed by atoms with E-state index in [1.165, 1.54) is 5.56 Å². The van der Waals surface area contributed by atoms with E-state index >= 15 is 0 Å². The van der Waals surface area contributed by atoms with Gasteiger partial charge in [-0.2, -0.15) is 0 Å². The number of rotatable bonds is 9. The molecule has 0 aliphatic heterocycles. The molecule has 0 spiro atoms. The maximum atomic E-state index is 6.65. The Bertz CT molecular complexity index is 1090. The predicted molar refractivity (Wildman–Crippen MR) is 150 cm³/mol. The van der Waals surface area contributed by atoms with Gasteiger partial charge in [-0.1, -0.05) is 95.5 Å². The van der Waals surface area contributed by atoms with Gasteiger partial charge in [0.25, 0.3) is 0 Å². The van der Waals surface area contributed by atoms with Crippen molar-refractivity contribution in [1.29, 1.82) is 0 Å². The summed E-state index contributed by atoms with van der Waals surface area (Å²) in [5, 5.41) is 0.816. The summed E-state index contributed by atoms with van der Waals surface area (Å²) in [6.07, 6.45) is 5.96. The van der Waals surface area contributed by atoms with Crippen LogP contribution >= 0.6 is 23.2 Å². The van der Waals surface area contributed by atoms with E-state index in [2.05, 4.69) is 26.0 Å². The van der Waals surface area contributed by atoms with Crippen molar-refractivity contribution in [2.24, 2.45) is 0 Å². The molecule has 0 saturated heterocycles. The normalized spacial score (nSPS) is 11.0. The predicted octanol–water partition coefficient (Wildman–Crippen LogP) is 4.32. The van der Waals surface area contributed by atoms with Crippen LogP contribution in [-0.4, -0.2) is 31.4 Å². The first-order chi connectivity index (χ1) is 15.8. The summed E-state index contributed by atoms with van der Waals surface area (Å²) < 4.78 is 0. The summed E-state index contributed by atoms with van der Waals surface area (Å²) in [5.41, 5.74) is 5.69. The van der Waals surface area contributed by atoms with Crippen LogP contribution in [0.15, 0.2) is 42.5 Å². The third kappa shape index (κ3) is 5.52. The van der Waals surface area contributed by atoms with Crippen LogP contribution < -0.4 is 26.8 Å². The molecule has 1 nitrogen and oxygen atoms in total. The molecule has 3 aromatic carbocycles. The molecule has 0 aliphatic carbocycles. The molecule has 0 aliphatic rings. The number of hydrogen-bond donors (Lipinski definition) is 0. The first kappa shape index (κ1) is 25.9. The largest absolute Gasteiger partial charge is 0.310 e. The molecule has 0 aromatic heterocycles. The highest BCUT2D eigenvalue weighted by Gasteiger charge is 2.23. The number of unbranched alkanes of at least 4 members (excludes halogenated alkanes) is 2. The van der Waals surface area contributed by atoms with Crippen molar-refractivity contribution in [3.05, 3.63) is 63.6 Å². The average Bonchev–Trinajstić information content (AvgIpc) is 2.82. The van der Waals surface area contributed by atoms with Crippen molar-refractivity contribution < 1.29 is 0 Å². The third-order valence-corrected chi connectivity index (χ3v) is 6.74. The van der Waals surface area contributed by atoms with Gasteiger partial charge in [0.2, 0.25) is 0 Å². The molecular formula is C26H25B4Cl2N. The van der Waals surface area contributed by atoms with Crippen LogP contribution in [0.2, 0.25) is 10.0 Å². The smallest absolute Gasteiger partial charge is 0.115 e. The van der Waals surface area contributed by atoms with Crippen LogP contribution in [0.4, 0.5) is 17.1 Å². The maximum Gasteiger partial charge on any atom is 0.115 e. The van der Waals surface area contributed by atoms with Crippen LogP contribution in [0.25, 0.3) is 0 Å². The molecular weight excluding hydrogens is 440 g/mol. The summed E-state index contributed by atoms with van der Waals surface area (Å²) in [7, 11) is 26.2. The molecule has 0 fully saturated rings. The molecule has 8 radical (unpaired) electrons. The molecule has 7 heteroatoms. The molecule has 3 rings (SSSR count). The van der Waals surface area contributed by atoms with Crippen LogP contribution in [0.1, 0.15) is 50.7 Å². The van der Waals surface area contributed by atoms with Crippen molar-refractivity contribution in [2.75, 3.05) is 4.90 Å². The zero-order valence-electron chi connectivity index (χ0n) is 19.3. The van der Waals surface area contributed by atoms with Crippen molar-refractivity contribution in [3.63, 3.8) is 0 Å². The summed E-state index contributed by atoms with van der Waals surface area (Å²) in [4.78, 5) is 1.89. The van der Waals surface area contributed by atoms with Gasteiger partial charge in [-0.05, 0) is 55.5 Å². The topological polar surface area (TPSA) is 3.24 Å². The Morgan fingerprint density at radius 3 is 1.88 bits per heavy atom. The van der Waals surface area contributed by atoms with Gasteiger partial charge in [0.05, 0.1) is 15.7 Å². The molecule has 3 aromatic rings. The Balaban J connectivity index is 2.24. The Labute approximate surface area is 213 Å². The van der Waals surface area contributed by atoms with Gasteiger partial charge >= 0.3 is 0 Å². The van der Waals surface area contributed by atoms with Gasteiger partial charge in [0, 0.05) is 11.4 Å². The summed E-state index contributed by atoms with van der Waals surface area (Å²) in [5.74, 6) is 0. The van der Waals surface area contributed by atoms with Gasteiger partial charge in [-0.25, -0.2) is 0 Å². The lowest BCUT2D eigenvalue weighted by Crippen LogP contribution is -2.47. The number of nitrogens with zero attached hydrogens (tertiary/aromatic N) is 1. The Hall–Kier alpha value is -1.70. The Morgan fingerprint density at radius 1 is 0.727 bits per heavy atom. The highest BCUT2D eigenvalue weighted by atomic mass is 35.5. The summed E-state index contributed by atoms with van der Waals surface area (Å²) >= 11 is 13.0. The lowest BCUT2D eigenvalue weighted by atomic mass is 9.65. The SMILES string of the molecule is [B]c1c([B])c(N(c2ccc(CCCC)cc2)c2cccc(Cl)c2Cl)c([B])c([B])c1CCCC. The zero-order chi connectivity index (χ0) is 24.1. The molecule has 160 valence electrons. The zero-order valence-corrected chi connectivity index (χ0v) is 20.8. The summed E-state index contributed by atoms with van der Waals surface area (Å²) in [6.45, 7) is 4.29. The number of hydrogen-bond acceptors (Lipinski definition) is 1. The van der Waals surface area contributed by atoms with Crippen LogP contribution in [0, 0.1) is 0 Å². The van der Waals surface area contributed by atoms with E-state index < -0.39 is 0 Å². The van der Waals surface area contributed by atoms with E-state index in [4.69, 9.17) is 54.6 Å². The molecule has 0 unspecified atom stereocenters. The van der Waals surface area contributed by atoms with Crippen molar-refractivity contribution in [1.82, 2.24) is 0 Å². The fourth-order valence-electron chi connectivity index (χ4n) is 3.98. The van der Waals surface area contributed by atoms with E-state index in [0.29, 0.717) is 49.7 Å². The molecule has 0 amide bonds. The van der Waals surface area contributed by atoms with Gasteiger partial charge in [-0.15, -0.1) is 0 Å². The molecule has 33 heavy (non-hydrogen) atoms. The monoisotopic (exact) mass is 465 g/mol. The second-order valence-electron chi connectivity index (χ2n) is 8.26. The number of aryl methyl sites for hydroxylation is 1. The third-order valence-electron chi connectivity index (χ3n) is 5.93. The molecule has 0 bridgehead atoms. The van der Waals surface area contributed by atoms with Crippen LogP contribution in [0.3, 0.4) is 0 Å². The van der Waals surface area contributed by atoms with Gasteiger partial charge in [-0.3, -0.25) is 0 Å².